The van der Waals surface area contributed by atoms with E-state index in [1.165, 1.54) is 19.3 Å². The van der Waals surface area contributed by atoms with Crippen molar-refractivity contribution in [3.63, 3.8) is 0 Å². The van der Waals surface area contributed by atoms with Gasteiger partial charge in [0.05, 0.1) is 0 Å². The highest BCUT2D eigenvalue weighted by atomic mass is 35.5. The molecule has 1 aromatic carbocycles. The largest absolute Gasteiger partial charge is 0.341 e. The summed E-state index contributed by atoms with van der Waals surface area (Å²) in [5, 5.41) is 0.745. The lowest BCUT2D eigenvalue weighted by atomic mass is 9.88. The van der Waals surface area contributed by atoms with E-state index in [2.05, 4.69) is 0 Å². The molecule has 1 amide bonds. The van der Waals surface area contributed by atoms with Crippen molar-refractivity contribution in [3.8, 4) is 0 Å². The van der Waals surface area contributed by atoms with Crippen molar-refractivity contribution in [1.29, 1.82) is 0 Å². The van der Waals surface area contributed by atoms with Crippen molar-refractivity contribution in [2.24, 2.45) is 17.8 Å². The maximum Gasteiger partial charge on any atom is 0.226 e. The van der Waals surface area contributed by atoms with Crippen LogP contribution in [0.5, 0.6) is 0 Å². The Morgan fingerprint density at radius 2 is 2.11 bits per heavy atom. The number of amides is 1. The number of nitrogens with zero attached hydrogens (tertiary/aromatic N) is 1. The Hall–Kier alpha value is -1.02. The number of carbonyl (C=O) groups excluding carboxylic acids is 1. The highest BCUT2D eigenvalue weighted by Gasteiger charge is 2.43. The Labute approximate surface area is 119 Å². The van der Waals surface area contributed by atoms with Crippen LogP contribution >= 0.6 is 11.6 Å². The third-order valence-electron chi connectivity index (χ3n) is 4.80. The van der Waals surface area contributed by atoms with Gasteiger partial charge < -0.3 is 4.90 Å². The average molecular weight is 278 g/mol. The molecule has 3 atom stereocenters. The number of hydrogen-bond donors (Lipinski definition) is 0. The number of hydrogen-bond acceptors (Lipinski definition) is 1. The summed E-state index contributed by atoms with van der Waals surface area (Å²) in [6.07, 6.45) is 4.97. The van der Waals surface area contributed by atoms with Crippen LogP contribution in [0, 0.1) is 17.8 Å². The van der Waals surface area contributed by atoms with Gasteiger partial charge in [-0.2, -0.15) is 0 Å². The molecule has 0 radical (unpaired) electrons. The van der Waals surface area contributed by atoms with Gasteiger partial charge in [-0.3, -0.25) is 4.79 Å². The van der Waals surface area contributed by atoms with Crippen LogP contribution in [-0.4, -0.2) is 17.9 Å². The van der Waals surface area contributed by atoms with Gasteiger partial charge in [0.25, 0.3) is 0 Å². The second-order valence-corrected chi connectivity index (χ2v) is 6.47. The van der Waals surface area contributed by atoms with Crippen LogP contribution in [0.2, 0.25) is 5.02 Å². The van der Waals surface area contributed by atoms with E-state index >= 15 is 0 Å². The predicted molar refractivity (Wildman–Crippen MR) is 76.9 cm³/mol. The molecule has 2 bridgehead atoms. The lowest BCUT2D eigenvalue weighted by molar-refractivity contribution is -0.136. The molecule has 2 saturated carbocycles. The van der Waals surface area contributed by atoms with E-state index in [-0.39, 0.29) is 5.92 Å². The van der Waals surface area contributed by atoms with E-state index in [1.54, 1.807) is 0 Å². The second-order valence-electron chi connectivity index (χ2n) is 6.07. The van der Waals surface area contributed by atoms with Gasteiger partial charge in [0.15, 0.2) is 0 Å². The zero-order valence-electron chi connectivity index (χ0n) is 11.3. The maximum absolute atomic E-state index is 12.5. The summed E-state index contributed by atoms with van der Waals surface area (Å²) in [5.41, 5.74) is 1.03. The van der Waals surface area contributed by atoms with Crippen molar-refractivity contribution < 1.29 is 4.79 Å². The third kappa shape index (κ3) is 2.51. The SMILES string of the molecule is CN(Cc1ccccc1Cl)C(=O)C1CC2CCC1C2. The Balaban J connectivity index is 1.66. The zero-order valence-corrected chi connectivity index (χ0v) is 12.1. The first-order valence-corrected chi connectivity index (χ1v) is 7.51. The van der Waals surface area contributed by atoms with Gasteiger partial charge in [-0.1, -0.05) is 36.2 Å². The number of halogens is 1. The van der Waals surface area contributed by atoms with Crippen LogP contribution in [0.15, 0.2) is 24.3 Å². The first-order chi connectivity index (χ1) is 9.15. The summed E-state index contributed by atoms with van der Waals surface area (Å²) in [7, 11) is 1.90. The monoisotopic (exact) mass is 277 g/mol. The normalized spacial score (nSPS) is 28.6. The Morgan fingerprint density at radius 3 is 2.74 bits per heavy atom. The smallest absolute Gasteiger partial charge is 0.226 e. The molecule has 0 aromatic heterocycles. The first-order valence-electron chi connectivity index (χ1n) is 7.13. The van der Waals surface area contributed by atoms with Gasteiger partial charge in [-0.25, -0.2) is 0 Å². The minimum absolute atomic E-state index is 0.270. The molecule has 0 heterocycles. The molecule has 1 aromatic rings. The van der Waals surface area contributed by atoms with Crippen LogP contribution in [0.1, 0.15) is 31.2 Å². The molecular weight excluding hydrogens is 258 g/mol. The average Bonchev–Trinajstić information content (AvgIpc) is 3.03. The van der Waals surface area contributed by atoms with Gasteiger partial charge in [0.2, 0.25) is 5.91 Å². The van der Waals surface area contributed by atoms with E-state index < -0.39 is 0 Å². The maximum atomic E-state index is 12.5. The van der Waals surface area contributed by atoms with Crippen molar-refractivity contribution in [1.82, 2.24) is 4.90 Å². The van der Waals surface area contributed by atoms with Gasteiger partial charge in [-0.05, 0) is 42.7 Å². The predicted octanol–water partition coefficient (Wildman–Crippen LogP) is 3.73. The van der Waals surface area contributed by atoms with Gasteiger partial charge in [-0.15, -0.1) is 0 Å². The second kappa shape index (κ2) is 5.16. The summed E-state index contributed by atoms with van der Waals surface area (Å²) in [6.45, 7) is 0.617. The van der Waals surface area contributed by atoms with Crippen molar-refractivity contribution in [2.45, 2.75) is 32.2 Å². The van der Waals surface area contributed by atoms with Crippen molar-refractivity contribution in [3.05, 3.63) is 34.9 Å². The topological polar surface area (TPSA) is 20.3 Å². The fraction of sp³-hybridized carbons (Fsp3) is 0.562. The minimum atomic E-state index is 0.270. The van der Waals surface area contributed by atoms with Crippen molar-refractivity contribution >= 4 is 17.5 Å². The summed E-state index contributed by atoms with van der Waals surface area (Å²) < 4.78 is 0. The number of rotatable bonds is 3. The fourth-order valence-corrected chi connectivity index (χ4v) is 3.99. The molecule has 3 rings (SSSR count). The summed E-state index contributed by atoms with van der Waals surface area (Å²) in [5.74, 6) is 2.04. The first kappa shape index (κ1) is 13.0. The van der Waals surface area contributed by atoms with Crippen LogP contribution in [-0.2, 0) is 11.3 Å². The van der Waals surface area contributed by atoms with E-state index in [0.29, 0.717) is 18.4 Å². The van der Waals surface area contributed by atoms with Crippen molar-refractivity contribution in [2.75, 3.05) is 7.05 Å². The van der Waals surface area contributed by atoms with Crippen LogP contribution in [0.3, 0.4) is 0 Å². The Kier molecular flexibility index (Phi) is 3.53. The molecule has 0 saturated heterocycles. The molecule has 2 fully saturated rings. The minimum Gasteiger partial charge on any atom is -0.341 e. The van der Waals surface area contributed by atoms with Crippen LogP contribution in [0.25, 0.3) is 0 Å². The number of benzene rings is 1. The van der Waals surface area contributed by atoms with E-state index in [0.717, 1.165) is 22.9 Å². The number of fused-ring (bicyclic) bond motifs is 2. The van der Waals surface area contributed by atoms with Gasteiger partial charge >= 0.3 is 0 Å². The zero-order chi connectivity index (χ0) is 13.4. The highest BCUT2D eigenvalue weighted by molar-refractivity contribution is 6.31. The summed E-state index contributed by atoms with van der Waals surface area (Å²) in [6, 6.07) is 7.76. The fourth-order valence-electron chi connectivity index (χ4n) is 3.79. The third-order valence-corrected chi connectivity index (χ3v) is 5.17. The molecule has 0 spiro atoms. The molecule has 102 valence electrons. The Bertz CT molecular complexity index is 487. The highest BCUT2D eigenvalue weighted by Crippen LogP contribution is 2.48. The standard InChI is InChI=1S/C16H20ClNO/c1-18(10-13-4-2-3-5-15(13)17)16(19)14-9-11-6-7-12(14)8-11/h2-5,11-12,14H,6-10H2,1H3. The molecule has 2 aliphatic rings. The van der Waals surface area contributed by atoms with E-state index in [4.69, 9.17) is 11.6 Å². The van der Waals surface area contributed by atoms with Gasteiger partial charge in [0.1, 0.15) is 0 Å². The molecule has 2 nitrogen and oxygen atoms in total. The molecular formula is C16H20ClNO. The van der Waals surface area contributed by atoms with Gasteiger partial charge in [0, 0.05) is 24.5 Å². The summed E-state index contributed by atoms with van der Waals surface area (Å²) >= 11 is 6.16. The molecule has 19 heavy (non-hydrogen) atoms. The molecule has 0 aliphatic heterocycles. The summed E-state index contributed by atoms with van der Waals surface area (Å²) in [4.78, 5) is 14.4. The lowest BCUT2D eigenvalue weighted by Gasteiger charge is -2.26. The van der Waals surface area contributed by atoms with E-state index in [1.807, 2.05) is 36.2 Å². The molecule has 2 aliphatic carbocycles. The molecule has 3 heteroatoms. The quantitative estimate of drug-likeness (QED) is 0.824. The van der Waals surface area contributed by atoms with E-state index in [9.17, 15) is 4.79 Å². The lowest BCUT2D eigenvalue weighted by Crippen LogP contribution is -2.35. The Morgan fingerprint density at radius 1 is 1.32 bits per heavy atom. The molecule has 0 N–H and O–H groups in total. The molecule has 3 unspecified atom stereocenters. The van der Waals surface area contributed by atoms with Crippen LogP contribution in [0.4, 0.5) is 0 Å². The number of carbonyl (C=O) groups is 1. The van der Waals surface area contributed by atoms with Crippen LogP contribution < -0.4 is 0 Å².